The SMILES string of the molecule is Cc1cccc2c(=O)[nH]c(CSc3ccc(Br)cc3)nc12. The lowest BCUT2D eigenvalue weighted by molar-refractivity contribution is 1.04. The highest BCUT2D eigenvalue weighted by Gasteiger charge is 2.06. The van der Waals surface area contributed by atoms with Crippen LogP contribution in [-0.2, 0) is 5.75 Å². The van der Waals surface area contributed by atoms with E-state index in [1.54, 1.807) is 17.8 Å². The normalized spacial score (nSPS) is 11.0. The summed E-state index contributed by atoms with van der Waals surface area (Å²) < 4.78 is 1.06. The number of para-hydroxylation sites is 1. The summed E-state index contributed by atoms with van der Waals surface area (Å²) in [6.07, 6.45) is 0. The van der Waals surface area contributed by atoms with Crippen LogP contribution in [0.2, 0.25) is 0 Å². The topological polar surface area (TPSA) is 45.8 Å². The van der Waals surface area contributed by atoms with Crippen LogP contribution in [0.4, 0.5) is 0 Å². The molecule has 1 N–H and O–H groups in total. The first-order valence-corrected chi connectivity index (χ1v) is 8.28. The van der Waals surface area contributed by atoms with Gasteiger partial charge in [-0.3, -0.25) is 4.79 Å². The lowest BCUT2D eigenvalue weighted by Gasteiger charge is -2.05. The first-order chi connectivity index (χ1) is 10.1. The van der Waals surface area contributed by atoms with E-state index in [9.17, 15) is 4.79 Å². The molecule has 21 heavy (non-hydrogen) atoms. The second-order valence-electron chi connectivity index (χ2n) is 4.73. The number of fused-ring (bicyclic) bond motifs is 1. The van der Waals surface area contributed by atoms with Gasteiger partial charge in [0.05, 0.1) is 16.7 Å². The predicted molar refractivity (Wildman–Crippen MR) is 90.8 cm³/mol. The van der Waals surface area contributed by atoms with Crippen molar-refractivity contribution in [2.24, 2.45) is 0 Å². The van der Waals surface area contributed by atoms with Crippen LogP contribution in [0.25, 0.3) is 10.9 Å². The average Bonchev–Trinajstić information content (AvgIpc) is 2.48. The first-order valence-electron chi connectivity index (χ1n) is 6.50. The van der Waals surface area contributed by atoms with Crippen molar-refractivity contribution >= 4 is 38.6 Å². The van der Waals surface area contributed by atoms with Crippen molar-refractivity contribution in [2.75, 3.05) is 0 Å². The van der Waals surface area contributed by atoms with E-state index in [0.717, 1.165) is 20.4 Å². The molecule has 0 aliphatic rings. The van der Waals surface area contributed by atoms with Gasteiger partial charge in [0, 0.05) is 9.37 Å². The third-order valence-corrected chi connectivity index (χ3v) is 4.73. The van der Waals surface area contributed by atoms with Crippen LogP contribution >= 0.6 is 27.7 Å². The minimum atomic E-state index is -0.0740. The molecule has 3 aromatic rings. The van der Waals surface area contributed by atoms with E-state index in [1.807, 2.05) is 43.3 Å². The fourth-order valence-corrected chi connectivity index (χ4v) is 3.14. The second-order valence-corrected chi connectivity index (χ2v) is 6.69. The van der Waals surface area contributed by atoms with Crippen LogP contribution in [0.3, 0.4) is 0 Å². The Kier molecular flexibility index (Phi) is 4.12. The molecule has 0 aliphatic heterocycles. The fraction of sp³-hybridized carbons (Fsp3) is 0.125. The Morgan fingerprint density at radius 3 is 2.71 bits per heavy atom. The molecule has 1 aromatic heterocycles. The molecule has 1 heterocycles. The zero-order valence-electron chi connectivity index (χ0n) is 11.4. The van der Waals surface area contributed by atoms with Crippen molar-refractivity contribution in [3.8, 4) is 0 Å². The summed E-state index contributed by atoms with van der Waals surface area (Å²) in [6, 6.07) is 13.7. The minimum Gasteiger partial charge on any atom is -0.309 e. The summed E-state index contributed by atoms with van der Waals surface area (Å²) in [6.45, 7) is 1.97. The van der Waals surface area contributed by atoms with Crippen LogP contribution < -0.4 is 5.56 Å². The quantitative estimate of drug-likeness (QED) is 0.708. The van der Waals surface area contributed by atoms with E-state index in [-0.39, 0.29) is 5.56 Å². The van der Waals surface area contributed by atoms with E-state index in [0.29, 0.717) is 17.0 Å². The minimum absolute atomic E-state index is 0.0740. The Morgan fingerprint density at radius 1 is 1.19 bits per heavy atom. The maximum Gasteiger partial charge on any atom is 0.258 e. The summed E-state index contributed by atoms with van der Waals surface area (Å²) >= 11 is 5.07. The molecule has 0 spiro atoms. The van der Waals surface area contributed by atoms with Gasteiger partial charge < -0.3 is 4.98 Å². The number of thioether (sulfide) groups is 1. The Bertz CT molecular complexity index is 843. The van der Waals surface area contributed by atoms with Crippen molar-refractivity contribution in [1.82, 2.24) is 9.97 Å². The van der Waals surface area contributed by atoms with Gasteiger partial charge in [-0.15, -0.1) is 11.8 Å². The zero-order valence-corrected chi connectivity index (χ0v) is 13.8. The molecule has 0 saturated heterocycles. The van der Waals surface area contributed by atoms with Crippen molar-refractivity contribution in [2.45, 2.75) is 17.6 Å². The highest BCUT2D eigenvalue weighted by molar-refractivity contribution is 9.10. The maximum absolute atomic E-state index is 12.1. The van der Waals surface area contributed by atoms with E-state index in [1.165, 1.54) is 0 Å². The number of aromatic amines is 1. The third-order valence-electron chi connectivity index (χ3n) is 3.18. The number of H-pyrrole nitrogens is 1. The van der Waals surface area contributed by atoms with Crippen molar-refractivity contribution in [1.29, 1.82) is 0 Å². The summed E-state index contributed by atoms with van der Waals surface area (Å²) in [7, 11) is 0. The van der Waals surface area contributed by atoms with Gasteiger partial charge in [0.15, 0.2) is 0 Å². The lowest BCUT2D eigenvalue weighted by Crippen LogP contribution is -2.11. The first kappa shape index (κ1) is 14.4. The van der Waals surface area contributed by atoms with Crippen LogP contribution in [0.15, 0.2) is 56.6 Å². The van der Waals surface area contributed by atoms with Crippen LogP contribution in [0.1, 0.15) is 11.4 Å². The smallest absolute Gasteiger partial charge is 0.258 e. The van der Waals surface area contributed by atoms with E-state index in [2.05, 4.69) is 25.9 Å². The number of rotatable bonds is 3. The molecule has 0 atom stereocenters. The van der Waals surface area contributed by atoms with E-state index >= 15 is 0 Å². The highest BCUT2D eigenvalue weighted by Crippen LogP contribution is 2.23. The number of nitrogens with zero attached hydrogens (tertiary/aromatic N) is 1. The largest absolute Gasteiger partial charge is 0.309 e. The molecule has 0 aliphatic carbocycles. The second kappa shape index (κ2) is 6.03. The van der Waals surface area contributed by atoms with Gasteiger partial charge in [0.2, 0.25) is 0 Å². The maximum atomic E-state index is 12.1. The summed E-state index contributed by atoms with van der Waals surface area (Å²) in [4.78, 5) is 20.7. The van der Waals surface area contributed by atoms with Gasteiger partial charge >= 0.3 is 0 Å². The van der Waals surface area contributed by atoms with E-state index < -0.39 is 0 Å². The molecule has 0 amide bonds. The van der Waals surface area contributed by atoms with E-state index in [4.69, 9.17) is 0 Å². The Balaban J connectivity index is 1.89. The van der Waals surface area contributed by atoms with Crippen molar-refractivity contribution in [3.63, 3.8) is 0 Å². The predicted octanol–water partition coefficient (Wildman–Crippen LogP) is 4.29. The number of hydrogen-bond donors (Lipinski definition) is 1. The van der Waals surface area contributed by atoms with Gasteiger partial charge in [-0.2, -0.15) is 0 Å². The van der Waals surface area contributed by atoms with Gasteiger partial charge in [-0.25, -0.2) is 4.98 Å². The molecule has 0 fully saturated rings. The van der Waals surface area contributed by atoms with Crippen LogP contribution in [0.5, 0.6) is 0 Å². The van der Waals surface area contributed by atoms with Crippen LogP contribution in [0, 0.1) is 6.92 Å². The number of aryl methyl sites for hydroxylation is 1. The molecule has 3 rings (SSSR count). The van der Waals surface area contributed by atoms with Crippen molar-refractivity contribution in [3.05, 3.63) is 68.7 Å². The van der Waals surface area contributed by atoms with Gasteiger partial charge in [0.1, 0.15) is 5.82 Å². The number of aromatic nitrogens is 2. The van der Waals surface area contributed by atoms with Gasteiger partial charge in [-0.05, 0) is 42.8 Å². The number of nitrogens with one attached hydrogen (secondary N) is 1. The lowest BCUT2D eigenvalue weighted by atomic mass is 10.1. The third kappa shape index (κ3) is 3.19. The number of benzene rings is 2. The summed E-state index contributed by atoms with van der Waals surface area (Å²) in [5, 5.41) is 0.646. The summed E-state index contributed by atoms with van der Waals surface area (Å²) in [5.74, 6) is 1.34. The Morgan fingerprint density at radius 2 is 1.95 bits per heavy atom. The zero-order chi connectivity index (χ0) is 14.8. The number of halogens is 1. The molecule has 5 heteroatoms. The molecule has 3 nitrogen and oxygen atoms in total. The van der Waals surface area contributed by atoms with Crippen LogP contribution in [-0.4, -0.2) is 9.97 Å². The molecule has 0 saturated carbocycles. The number of hydrogen-bond acceptors (Lipinski definition) is 3. The molecular weight excluding hydrogens is 348 g/mol. The summed E-state index contributed by atoms with van der Waals surface area (Å²) in [5.41, 5.74) is 1.73. The van der Waals surface area contributed by atoms with Gasteiger partial charge in [-0.1, -0.05) is 28.1 Å². The molecule has 0 radical (unpaired) electrons. The molecule has 0 unspecified atom stereocenters. The molecule has 2 aromatic carbocycles. The monoisotopic (exact) mass is 360 g/mol. The Hall–Kier alpha value is -1.59. The molecular formula is C16H13BrN2OS. The standard InChI is InChI=1S/C16H13BrN2OS/c1-10-3-2-4-13-15(10)18-14(19-16(13)20)9-21-12-7-5-11(17)6-8-12/h2-8H,9H2,1H3,(H,18,19,20). The van der Waals surface area contributed by atoms with Gasteiger partial charge in [0.25, 0.3) is 5.56 Å². The fourth-order valence-electron chi connectivity index (χ4n) is 2.10. The Labute approximate surface area is 134 Å². The molecule has 0 bridgehead atoms. The highest BCUT2D eigenvalue weighted by atomic mass is 79.9. The average molecular weight is 361 g/mol. The van der Waals surface area contributed by atoms with Crippen molar-refractivity contribution < 1.29 is 0 Å². The molecule has 106 valence electrons.